The summed E-state index contributed by atoms with van der Waals surface area (Å²) in [6.07, 6.45) is 3.28. The predicted octanol–water partition coefficient (Wildman–Crippen LogP) is 3.93. The Morgan fingerprint density at radius 1 is 1.00 bits per heavy atom. The number of ketones is 1. The Labute approximate surface area is 178 Å². The van der Waals surface area contributed by atoms with Crippen molar-refractivity contribution in [1.29, 1.82) is 0 Å². The third kappa shape index (κ3) is 4.73. The fourth-order valence-electron chi connectivity index (χ4n) is 4.57. The molecule has 0 saturated carbocycles. The highest BCUT2D eigenvalue weighted by molar-refractivity contribution is 5.96. The molecule has 1 atom stereocenters. The minimum atomic E-state index is -0.365. The first-order valence-electron chi connectivity index (χ1n) is 10.9. The predicted molar refractivity (Wildman–Crippen MR) is 117 cm³/mol. The van der Waals surface area contributed by atoms with Gasteiger partial charge in [-0.3, -0.25) is 9.59 Å². The molecule has 0 bridgehead atoms. The monoisotopic (exact) mass is 406 g/mol. The number of Topliss-reactive ketones (excluding diaryl/α,β-unsaturated/α-hetero) is 1. The van der Waals surface area contributed by atoms with E-state index in [4.69, 9.17) is 4.74 Å². The summed E-state index contributed by atoms with van der Waals surface area (Å²) >= 11 is 0. The van der Waals surface area contributed by atoms with E-state index in [1.807, 2.05) is 59.5 Å². The third-order valence-electron chi connectivity index (χ3n) is 6.33. The summed E-state index contributed by atoms with van der Waals surface area (Å²) in [7, 11) is 0. The molecule has 1 spiro atoms. The Bertz CT molecular complexity index is 898. The van der Waals surface area contributed by atoms with Crippen LogP contribution in [-0.2, 0) is 11.3 Å². The van der Waals surface area contributed by atoms with Gasteiger partial charge in [0.05, 0.1) is 6.54 Å². The largest absolute Gasteiger partial charge is 0.485 e. The normalized spacial score (nSPS) is 22.0. The first-order chi connectivity index (χ1) is 14.5. The molecule has 5 heteroatoms. The second-order valence-corrected chi connectivity index (χ2v) is 8.50. The number of benzene rings is 2. The van der Waals surface area contributed by atoms with Crippen molar-refractivity contribution in [2.75, 3.05) is 26.2 Å². The van der Waals surface area contributed by atoms with Crippen molar-refractivity contribution < 1.29 is 14.3 Å². The number of hydrogen-bond acceptors (Lipinski definition) is 4. The molecular formula is C25H30N2O3. The van der Waals surface area contributed by atoms with E-state index in [1.165, 1.54) is 0 Å². The van der Waals surface area contributed by atoms with Gasteiger partial charge >= 0.3 is 0 Å². The average molecular weight is 407 g/mol. The lowest BCUT2D eigenvalue weighted by Gasteiger charge is -2.35. The van der Waals surface area contributed by atoms with Crippen molar-refractivity contribution in [2.45, 2.75) is 44.8 Å². The quantitative estimate of drug-likeness (QED) is 0.722. The van der Waals surface area contributed by atoms with Gasteiger partial charge < -0.3 is 14.5 Å². The van der Waals surface area contributed by atoms with Gasteiger partial charge in [0.15, 0.2) is 5.78 Å². The van der Waals surface area contributed by atoms with Crippen molar-refractivity contribution in [2.24, 2.45) is 0 Å². The number of para-hydroxylation sites is 1. The highest BCUT2D eigenvalue weighted by Gasteiger charge is 2.39. The number of carbonyl (C=O) groups is 2. The molecule has 158 valence electrons. The van der Waals surface area contributed by atoms with Crippen molar-refractivity contribution in [3.8, 4) is 5.75 Å². The van der Waals surface area contributed by atoms with Crippen LogP contribution in [0.4, 0.5) is 0 Å². The summed E-state index contributed by atoms with van der Waals surface area (Å²) in [6, 6.07) is 17.6. The van der Waals surface area contributed by atoms with Gasteiger partial charge in [-0.05, 0) is 25.5 Å². The standard InChI is InChI=1S/C25H30N2O3/c1-20(28)27-18-22-10-5-6-11-24(22)30-25(19-27)13-7-15-26(17-14-25)16-12-23(29)21-8-3-2-4-9-21/h2-6,8-11H,7,12-19H2,1H3/t25-/m0/s1. The van der Waals surface area contributed by atoms with Crippen LogP contribution < -0.4 is 4.74 Å². The molecule has 2 aliphatic rings. The lowest BCUT2D eigenvalue weighted by molar-refractivity contribution is -0.132. The van der Waals surface area contributed by atoms with Crippen LogP contribution in [-0.4, -0.2) is 53.3 Å². The van der Waals surface area contributed by atoms with E-state index in [0.717, 1.165) is 55.8 Å². The number of carbonyl (C=O) groups excluding carboxylic acids is 2. The van der Waals surface area contributed by atoms with E-state index in [9.17, 15) is 9.59 Å². The van der Waals surface area contributed by atoms with Crippen LogP contribution in [0.2, 0.25) is 0 Å². The van der Waals surface area contributed by atoms with Gasteiger partial charge in [0.25, 0.3) is 0 Å². The molecule has 0 aromatic heterocycles. The lowest BCUT2D eigenvalue weighted by atomic mass is 9.93. The second kappa shape index (κ2) is 9.00. The van der Waals surface area contributed by atoms with Crippen LogP contribution in [0.1, 0.15) is 48.5 Å². The maximum absolute atomic E-state index is 12.5. The van der Waals surface area contributed by atoms with Crippen LogP contribution in [0.25, 0.3) is 0 Å². The number of amides is 1. The van der Waals surface area contributed by atoms with Gasteiger partial charge in [-0.2, -0.15) is 0 Å². The molecule has 4 rings (SSSR count). The molecule has 30 heavy (non-hydrogen) atoms. The third-order valence-corrected chi connectivity index (χ3v) is 6.33. The van der Waals surface area contributed by atoms with Crippen LogP contribution in [0.5, 0.6) is 5.75 Å². The summed E-state index contributed by atoms with van der Waals surface area (Å²) in [5.41, 5.74) is 1.49. The van der Waals surface area contributed by atoms with Crippen molar-refractivity contribution >= 4 is 11.7 Å². The van der Waals surface area contributed by atoms with E-state index in [2.05, 4.69) is 4.90 Å². The Morgan fingerprint density at radius 2 is 1.77 bits per heavy atom. The summed E-state index contributed by atoms with van der Waals surface area (Å²) in [5.74, 6) is 1.18. The number of rotatable bonds is 4. The van der Waals surface area contributed by atoms with E-state index < -0.39 is 0 Å². The molecule has 0 radical (unpaired) electrons. The first kappa shape index (κ1) is 20.6. The zero-order chi connectivity index (χ0) is 21.0. The first-order valence-corrected chi connectivity index (χ1v) is 10.9. The van der Waals surface area contributed by atoms with Crippen LogP contribution in [0, 0.1) is 0 Å². The lowest BCUT2D eigenvalue weighted by Crippen LogP contribution is -2.47. The van der Waals surface area contributed by atoms with Crippen molar-refractivity contribution in [3.63, 3.8) is 0 Å². The Balaban J connectivity index is 1.43. The Hall–Kier alpha value is -2.66. The number of fused-ring (bicyclic) bond motifs is 1. The minimum Gasteiger partial charge on any atom is -0.485 e. The second-order valence-electron chi connectivity index (χ2n) is 8.50. The number of likely N-dealkylation sites (tertiary alicyclic amines) is 1. The summed E-state index contributed by atoms with van der Waals surface area (Å²) in [5, 5.41) is 0. The van der Waals surface area contributed by atoms with Gasteiger partial charge in [0, 0.05) is 50.5 Å². The molecule has 1 fully saturated rings. The molecule has 0 unspecified atom stereocenters. The fraction of sp³-hybridized carbons (Fsp3) is 0.440. The Morgan fingerprint density at radius 3 is 2.57 bits per heavy atom. The van der Waals surface area contributed by atoms with Crippen LogP contribution in [0.3, 0.4) is 0 Å². The summed E-state index contributed by atoms with van der Waals surface area (Å²) in [6.45, 7) is 5.44. The maximum Gasteiger partial charge on any atom is 0.219 e. The van der Waals surface area contributed by atoms with Gasteiger partial charge in [-0.25, -0.2) is 0 Å². The summed E-state index contributed by atoms with van der Waals surface area (Å²) in [4.78, 5) is 29.0. The highest BCUT2D eigenvalue weighted by Crippen LogP contribution is 2.35. The Kier molecular flexibility index (Phi) is 6.18. The number of nitrogens with zero attached hydrogens (tertiary/aromatic N) is 2. The smallest absolute Gasteiger partial charge is 0.219 e. The van der Waals surface area contributed by atoms with Crippen molar-refractivity contribution in [1.82, 2.24) is 9.80 Å². The van der Waals surface area contributed by atoms with Crippen LogP contribution in [0.15, 0.2) is 54.6 Å². The zero-order valence-electron chi connectivity index (χ0n) is 17.7. The van der Waals surface area contributed by atoms with E-state index in [1.54, 1.807) is 6.92 Å². The van der Waals surface area contributed by atoms with Crippen LogP contribution >= 0.6 is 0 Å². The number of ether oxygens (including phenoxy) is 1. The molecular weight excluding hydrogens is 376 g/mol. The highest BCUT2D eigenvalue weighted by atomic mass is 16.5. The average Bonchev–Trinajstić information content (AvgIpc) is 3.06. The molecule has 0 aliphatic carbocycles. The molecule has 2 aliphatic heterocycles. The molecule has 1 amide bonds. The van der Waals surface area contributed by atoms with Gasteiger partial charge in [0.1, 0.15) is 11.4 Å². The van der Waals surface area contributed by atoms with Gasteiger partial charge in [-0.15, -0.1) is 0 Å². The van der Waals surface area contributed by atoms with E-state index in [0.29, 0.717) is 19.5 Å². The van der Waals surface area contributed by atoms with Crippen molar-refractivity contribution in [3.05, 3.63) is 65.7 Å². The van der Waals surface area contributed by atoms with Gasteiger partial charge in [-0.1, -0.05) is 48.5 Å². The summed E-state index contributed by atoms with van der Waals surface area (Å²) < 4.78 is 6.60. The topological polar surface area (TPSA) is 49.9 Å². The molecule has 1 saturated heterocycles. The number of hydrogen-bond donors (Lipinski definition) is 0. The van der Waals surface area contributed by atoms with Gasteiger partial charge in [0.2, 0.25) is 5.91 Å². The molecule has 2 aromatic rings. The molecule has 2 heterocycles. The SMILES string of the molecule is CC(=O)N1Cc2ccccc2O[C@]2(CCCN(CCC(=O)c3ccccc3)CC2)C1. The molecule has 0 N–H and O–H groups in total. The van der Waals surface area contributed by atoms with E-state index in [-0.39, 0.29) is 17.3 Å². The maximum atomic E-state index is 12.5. The van der Waals surface area contributed by atoms with E-state index >= 15 is 0 Å². The zero-order valence-corrected chi connectivity index (χ0v) is 17.7. The minimum absolute atomic E-state index is 0.0873. The fourth-order valence-corrected chi connectivity index (χ4v) is 4.57. The molecule has 2 aromatic carbocycles. The molecule has 5 nitrogen and oxygen atoms in total.